The summed E-state index contributed by atoms with van der Waals surface area (Å²) >= 11 is 3.46. The van der Waals surface area contributed by atoms with Gasteiger partial charge in [0, 0.05) is 4.47 Å². The van der Waals surface area contributed by atoms with Gasteiger partial charge in [0.15, 0.2) is 0 Å². The number of benzene rings is 2. The number of aryl methyl sites for hydroxylation is 1. The molecule has 106 valence electrons. The van der Waals surface area contributed by atoms with E-state index in [1.165, 1.54) is 6.07 Å². The van der Waals surface area contributed by atoms with Gasteiger partial charge in [0.25, 0.3) is 0 Å². The molecule has 3 aromatic rings. The van der Waals surface area contributed by atoms with Crippen LogP contribution in [0.25, 0.3) is 16.7 Å². The van der Waals surface area contributed by atoms with Gasteiger partial charge in [-0.05, 0) is 48.4 Å². The van der Waals surface area contributed by atoms with E-state index in [1.54, 1.807) is 16.8 Å². The van der Waals surface area contributed by atoms with Crippen LogP contribution in [0.1, 0.15) is 22.8 Å². The van der Waals surface area contributed by atoms with Gasteiger partial charge < -0.3 is 5.11 Å². The fourth-order valence-corrected chi connectivity index (χ4v) is 2.68. The van der Waals surface area contributed by atoms with Crippen LogP contribution in [0, 0.1) is 0 Å². The summed E-state index contributed by atoms with van der Waals surface area (Å²) in [6, 6.07) is 10.7. The lowest BCUT2D eigenvalue weighted by Crippen LogP contribution is -2.02. The quantitative estimate of drug-likeness (QED) is 0.789. The van der Waals surface area contributed by atoms with Crippen molar-refractivity contribution in [2.75, 3.05) is 0 Å². The molecule has 6 heteroatoms. The number of hydrogen-bond acceptors (Lipinski definition) is 3. The molecular weight excluding hydrogens is 334 g/mol. The van der Waals surface area contributed by atoms with Crippen molar-refractivity contribution in [1.82, 2.24) is 15.0 Å². The molecule has 3 rings (SSSR count). The molecule has 1 aromatic heterocycles. The number of aromatic carboxylic acids is 1. The molecule has 0 spiro atoms. The molecule has 0 fully saturated rings. The summed E-state index contributed by atoms with van der Waals surface area (Å²) in [4.78, 5) is 11.1. The normalized spacial score (nSPS) is 11.0. The van der Waals surface area contributed by atoms with Gasteiger partial charge in [0.1, 0.15) is 5.52 Å². The third kappa shape index (κ3) is 2.42. The van der Waals surface area contributed by atoms with E-state index in [0.29, 0.717) is 11.0 Å². The van der Waals surface area contributed by atoms with Gasteiger partial charge in [-0.15, -0.1) is 5.10 Å². The number of hydrogen-bond donors (Lipinski definition) is 1. The van der Waals surface area contributed by atoms with E-state index < -0.39 is 5.97 Å². The number of carboxylic acids is 1. The average molecular weight is 346 g/mol. The molecule has 0 atom stereocenters. The van der Waals surface area contributed by atoms with Crippen molar-refractivity contribution < 1.29 is 9.90 Å². The molecule has 0 amide bonds. The molecule has 0 aliphatic carbocycles. The van der Waals surface area contributed by atoms with Crippen molar-refractivity contribution in [1.29, 1.82) is 0 Å². The Kier molecular flexibility index (Phi) is 3.47. The maximum atomic E-state index is 11.1. The highest BCUT2D eigenvalue weighted by molar-refractivity contribution is 9.10. The second-order valence-electron chi connectivity index (χ2n) is 4.64. The summed E-state index contributed by atoms with van der Waals surface area (Å²) in [7, 11) is 0. The molecule has 0 saturated heterocycles. The minimum absolute atomic E-state index is 0.223. The summed E-state index contributed by atoms with van der Waals surface area (Å²) in [6.45, 7) is 2.06. The monoisotopic (exact) mass is 345 g/mol. The summed E-state index contributed by atoms with van der Waals surface area (Å²) in [5.74, 6) is -0.962. The van der Waals surface area contributed by atoms with E-state index in [2.05, 4.69) is 33.2 Å². The second-order valence-corrected chi connectivity index (χ2v) is 5.55. The maximum absolute atomic E-state index is 11.1. The molecule has 1 heterocycles. The van der Waals surface area contributed by atoms with Crippen LogP contribution < -0.4 is 0 Å². The van der Waals surface area contributed by atoms with Crippen LogP contribution in [0.2, 0.25) is 0 Å². The third-order valence-corrected chi connectivity index (χ3v) is 3.84. The Labute approximate surface area is 129 Å². The number of halogens is 1. The summed E-state index contributed by atoms with van der Waals surface area (Å²) in [6.07, 6.45) is 0.842. The van der Waals surface area contributed by atoms with Crippen molar-refractivity contribution >= 4 is 32.9 Å². The number of fused-ring (bicyclic) bond motifs is 1. The first-order chi connectivity index (χ1) is 10.1. The van der Waals surface area contributed by atoms with Gasteiger partial charge in [0.05, 0.1) is 16.8 Å². The lowest BCUT2D eigenvalue weighted by molar-refractivity contribution is 0.0697. The van der Waals surface area contributed by atoms with Crippen LogP contribution in [0.3, 0.4) is 0 Å². The molecule has 21 heavy (non-hydrogen) atoms. The SMILES string of the molecule is CCc1cc(Br)ccc1-n1nnc2ccc(C(=O)O)cc21. The molecule has 0 aliphatic heterocycles. The molecule has 1 N–H and O–H groups in total. The van der Waals surface area contributed by atoms with Crippen LogP contribution in [0.5, 0.6) is 0 Å². The van der Waals surface area contributed by atoms with Crippen LogP contribution >= 0.6 is 15.9 Å². The van der Waals surface area contributed by atoms with Gasteiger partial charge in [-0.3, -0.25) is 0 Å². The Bertz CT molecular complexity index is 842. The highest BCUT2D eigenvalue weighted by Crippen LogP contribution is 2.24. The first-order valence-electron chi connectivity index (χ1n) is 6.47. The zero-order chi connectivity index (χ0) is 15.0. The largest absolute Gasteiger partial charge is 0.478 e. The van der Waals surface area contributed by atoms with Gasteiger partial charge in [-0.1, -0.05) is 28.1 Å². The number of aromatic nitrogens is 3. The molecule has 0 bridgehead atoms. The molecule has 2 aromatic carbocycles. The van der Waals surface area contributed by atoms with E-state index in [0.717, 1.165) is 22.1 Å². The lowest BCUT2D eigenvalue weighted by atomic mass is 10.1. The Morgan fingerprint density at radius 3 is 2.81 bits per heavy atom. The average Bonchev–Trinajstić information content (AvgIpc) is 2.89. The highest BCUT2D eigenvalue weighted by Gasteiger charge is 2.12. The van der Waals surface area contributed by atoms with Crippen molar-refractivity contribution in [2.45, 2.75) is 13.3 Å². The van der Waals surface area contributed by atoms with Gasteiger partial charge >= 0.3 is 5.97 Å². The van der Waals surface area contributed by atoms with E-state index in [1.807, 2.05) is 18.2 Å². The topological polar surface area (TPSA) is 68.0 Å². The summed E-state index contributed by atoms with van der Waals surface area (Å²) in [5, 5.41) is 17.4. The van der Waals surface area contributed by atoms with Crippen molar-refractivity contribution in [2.24, 2.45) is 0 Å². The molecule has 5 nitrogen and oxygen atoms in total. The predicted molar refractivity (Wildman–Crippen MR) is 82.9 cm³/mol. The molecule has 0 aliphatic rings. The number of nitrogens with zero attached hydrogens (tertiary/aromatic N) is 3. The zero-order valence-electron chi connectivity index (χ0n) is 11.2. The van der Waals surface area contributed by atoms with E-state index in [-0.39, 0.29) is 5.56 Å². The minimum atomic E-state index is -0.962. The molecule has 0 saturated carbocycles. The van der Waals surface area contributed by atoms with Crippen LogP contribution in [0.4, 0.5) is 0 Å². The third-order valence-electron chi connectivity index (χ3n) is 3.34. The van der Waals surface area contributed by atoms with Gasteiger partial charge in [0.2, 0.25) is 0 Å². The first kappa shape index (κ1) is 13.8. The van der Waals surface area contributed by atoms with Gasteiger partial charge in [-0.25, -0.2) is 9.48 Å². The fraction of sp³-hybridized carbons (Fsp3) is 0.133. The Balaban J connectivity index is 2.25. The molecule has 0 unspecified atom stereocenters. The van der Waals surface area contributed by atoms with E-state index >= 15 is 0 Å². The van der Waals surface area contributed by atoms with Crippen molar-refractivity contribution in [3.05, 3.63) is 52.0 Å². The Hall–Kier alpha value is -2.21. The summed E-state index contributed by atoms with van der Waals surface area (Å²) < 4.78 is 2.69. The lowest BCUT2D eigenvalue weighted by Gasteiger charge is -2.09. The Morgan fingerprint density at radius 2 is 2.10 bits per heavy atom. The van der Waals surface area contributed by atoms with Crippen molar-refractivity contribution in [3.8, 4) is 5.69 Å². The number of carbonyl (C=O) groups is 1. The van der Waals surface area contributed by atoms with E-state index in [4.69, 9.17) is 5.11 Å². The van der Waals surface area contributed by atoms with Crippen LogP contribution in [-0.4, -0.2) is 26.1 Å². The summed E-state index contributed by atoms with van der Waals surface area (Å²) in [5.41, 5.74) is 3.60. The first-order valence-corrected chi connectivity index (χ1v) is 7.27. The van der Waals surface area contributed by atoms with Crippen LogP contribution in [-0.2, 0) is 6.42 Å². The fourth-order valence-electron chi connectivity index (χ4n) is 2.27. The highest BCUT2D eigenvalue weighted by atomic mass is 79.9. The number of carboxylic acid groups (broad SMARTS) is 1. The molecular formula is C15H12BrN3O2. The zero-order valence-corrected chi connectivity index (χ0v) is 12.8. The van der Waals surface area contributed by atoms with E-state index in [9.17, 15) is 4.79 Å². The van der Waals surface area contributed by atoms with Crippen molar-refractivity contribution in [3.63, 3.8) is 0 Å². The predicted octanol–water partition coefficient (Wildman–Crippen LogP) is 3.44. The van der Waals surface area contributed by atoms with Crippen LogP contribution in [0.15, 0.2) is 40.9 Å². The van der Waals surface area contributed by atoms with Gasteiger partial charge in [-0.2, -0.15) is 0 Å². The standard InChI is InChI=1S/C15H12BrN3O2/c1-2-9-7-11(16)4-6-13(9)19-14-8-10(15(20)21)3-5-12(14)17-18-19/h3-8H,2H2,1H3,(H,20,21). The molecule has 0 radical (unpaired) electrons. The second kappa shape index (κ2) is 5.29. The smallest absolute Gasteiger partial charge is 0.335 e. The number of rotatable bonds is 3. The maximum Gasteiger partial charge on any atom is 0.335 e. The minimum Gasteiger partial charge on any atom is -0.478 e. The Morgan fingerprint density at radius 1 is 1.29 bits per heavy atom.